The Hall–Kier alpha value is -4.04. The molecule has 13 heteroatoms. The number of para-hydroxylation sites is 1. The Kier molecular flexibility index (Phi) is 8.26. The lowest BCUT2D eigenvalue weighted by Crippen LogP contribution is -2.53. The van der Waals surface area contributed by atoms with Crippen molar-refractivity contribution in [1.29, 1.82) is 0 Å². The van der Waals surface area contributed by atoms with Crippen molar-refractivity contribution in [3.05, 3.63) is 54.1 Å². The van der Waals surface area contributed by atoms with E-state index in [1.54, 1.807) is 30.3 Å². The van der Waals surface area contributed by atoms with Gasteiger partial charge in [-0.15, -0.1) is 0 Å². The highest BCUT2D eigenvalue weighted by Gasteiger charge is 2.30. The van der Waals surface area contributed by atoms with Gasteiger partial charge in [0, 0.05) is 55.9 Å². The maximum Gasteiger partial charge on any atom is 0.347 e. The molecule has 0 spiro atoms. The first-order valence-electron chi connectivity index (χ1n) is 13.3. The molecule has 5 rings (SSSR count). The van der Waals surface area contributed by atoms with Crippen molar-refractivity contribution in [3.63, 3.8) is 0 Å². The summed E-state index contributed by atoms with van der Waals surface area (Å²) in [6.07, 6.45) is 0.771. The van der Waals surface area contributed by atoms with Crippen LogP contribution in [-0.4, -0.2) is 82.0 Å². The van der Waals surface area contributed by atoms with Crippen LogP contribution in [0.5, 0.6) is 11.5 Å². The molecule has 3 heterocycles. The van der Waals surface area contributed by atoms with Crippen molar-refractivity contribution in [2.45, 2.75) is 31.0 Å². The van der Waals surface area contributed by atoms with E-state index in [-0.39, 0.29) is 35.3 Å². The molecule has 212 valence electrons. The monoisotopic (exact) mass is 549 g/mol. The summed E-state index contributed by atoms with van der Waals surface area (Å²) in [5, 5.41) is 24.0. The number of carbonyl (C=O) groups is 1. The summed E-state index contributed by atoms with van der Waals surface area (Å²) in [4.78, 5) is 30.5. The molecule has 9 N–H and O–H groups in total. The summed E-state index contributed by atoms with van der Waals surface area (Å²) in [6.45, 7) is 2.48. The van der Waals surface area contributed by atoms with Crippen LogP contribution in [0.25, 0.3) is 0 Å². The third kappa shape index (κ3) is 6.39. The number of aliphatic hydroxyl groups is 1. The molecule has 4 atom stereocenters. The number of nitrogens with one attached hydrogen (secondary N) is 1. The number of piperidine rings is 2. The van der Waals surface area contributed by atoms with Gasteiger partial charge < -0.3 is 47.3 Å². The summed E-state index contributed by atoms with van der Waals surface area (Å²) in [6, 6.07) is 12.9. The number of esters is 1. The molecule has 2 aliphatic heterocycles. The number of anilines is 4. The van der Waals surface area contributed by atoms with E-state index in [1.807, 2.05) is 15.9 Å². The van der Waals surface area contributed by atoms with Crippen molar-refractivity contribution >= 4 is 29.5 Å². The second kappa shape index (κ2) is 12.0. The lowest BCUT2D eigenvalue weighted by atomic mass is 9.95. The molecule has 0 radical (unpaired) electrons. The molecule has 0 aliphatic carbocycles. The van der Waals surface area contributed by atoms with E-state index in [1.165, 1.54) is 12.1 Å². The van der Waals surface area contributed by atoms with Gasteiger partial charge >= 0.3 is 5.97 Å². The van der Waals surface area contributed by atoms with Gasteiger partial charge in [-0.05, 0) is 43.7 Å². The minimum absolute atomic E-state index is 0.0161. The first-order chi connectivity index (χ1) is 19.3. The summed E-state index contributed by atoms with van der Waals surface area (Å²) < 4.78 is 5.34. The summed E-state index contributed by atoms with van der Waals surface area (Å²) in [5.74, 6) is 0.408. The smallest absolute Gasteiger partial charge is 0.347 e. The number of carbonyl (C=O) groups excluding carboxylic acids is 1. The number of phenols is 1. The van der Waals surface area contributed by atoms with Crippen LogP contribution in [0.15, 0.2) is 48.5 Å². The van der Waals surface area contributed by atoms with Crippen LogP contribution in [0.3, 0.4) is 0 Å². The normalized spacial score (nSPS) is 23.1. The molecule has 2 saturated heterocycles. The molecule has 1 aromatic heterocycles. The van der Waals surface area contributed by atoms with Gasteiger partial charge in [-0.1, -0.05) is 18.2 Å². The van der Waals surface area contributed by atoms with Gasteiger partial charge in [-0.2, -0.15) is 15.0 Å². The molecule has 0 amide bonds. The van der Waals surface area contributed by atoms with Gasteiger partial charge in [0.15, 0.2) is 0 Å². The predicted octanol–water partition coefficient (Wildman–Crippen LogP) is 0.551. The number of ether oxygens (including phenoxy) is 1. The van der Waals surface area contributed by atoms with Gasteiger partial charge in [0.05, 0.1) is 6.10 Å². The Bertz CT molecular complexity index is 1320. The standard InChI is InChI=1S/C27H35N9O4/c28-12-16-13-35(9-8-22(16)37)26-32-25(33-27(34-26)36-14-17(29)10-18(30)15-36)31-19-6-7-21(23(38)11-19)24(39)40-20-4-2-1-3-5-20/h1-7,11,16-18,22,37-38H,8-10,12-15,28-30H2,(H,31,32,33,34)/t16-,17-,18+,22+/m0/s1. The second-order valence-electron chi connectivity index (χ2n) is 10.3. The van der Waals surface area contributed by atoms with Gasteiger partial charge in [-0.25, -0.2) is 4.79 Å². The molecule has 2 aliphatic rings. The Labute approximate surface area is 232 Å². The molecule has 0 saturated carbocycles. The SMILES string of the molecule is NC[C@H]1CN(c2nc(Nc3ccc(C(=O)Oc4ccccc4)c(O)c3)nc(N3C[C@H](N)C[C@H](N)C3)n2)CC[C@H]1O. The van der Waals surface area contributed by atoms with Gasteiger partial charge in [-0.3, -0.25) is 0 Å². The zero-order valence-electron chi connectivity index (χ0n) is 22.1. The fourth-order valence-corrected chi connectivity index (χ4v) is 5.03. The lowest BCUT2D eigenvalue weighted by Gasteiger charge is -2.37. The van der Waals surface area contributed by atoms with Gasteiger partial charge in [0.25, 0.3) is 0 Å². The maximum atomic E-state index is 12.6. The lowest BCUT2D eigenvalue weighted by molar-refractivity contribution is 0.0731. The summed E-state index contributed by atoms with van der Waals surface area (Å²) in [7, 11) is 0. The van der Waals surface area contributed by atoms with Crippen LogP contribution in [0.1, 0.15) is 23.2 Å². The highest BCUT2D eigenvalue weighted by molar-refractivity contribution is 5.94. The van der Waals surface area contributed by atoms with Crippen LogP contribution in [0, 0.1) is 5.92 Å². The van der Waals surface area contributed by atoms with E-state index < -0.39 is 12.1 Å². The average molecular weight is 550 g/mol. The topological polar surface area (TPSA) is 202 Å². The molecule has 0 unspecified atom stereocenters. The Balaban J connectivity index is 1.40. The molecule has 0 bridgehead atoms. The van der Waals surface area contributed by atoms with Gasteiger partial charge in [0.2, 0.25) is 17.8 Å². The van der Waals surface area contributed by atoms with E-state index in [0.717, 1.165) is 0 Å². The zero-order chi connectivity index (χ0) is 28.2. The summed E-state index contributed by atoms with van der Waals surface area (Å²) >= 11 is 0. The van der Waals surface area contributed by atoms with Crippen molar-refractivity contribution in [3.8, 4) is 11.5 Å². The first-order valence-corrected chi connectivity index (χ1v) is 13.3. The Morgan fingerprint density at radius 3 is 2.38 bits per heavy atom. The third-order valence-electron chi connectivity index (χ3n) is 7.12. The first kappa shape index (κ1) is 27.5. The van der Waals surface area contributed by atoms with Crippen LogP contribution in [-0.2, 0) is 0 Å². The van der Waals surface area contributed by atoms with E-state index in [4.69, 9.17) is 26.9 Å². The van der Waals surface area contributed by atoms with Gasteiger partial charge in [0.1, 0.15) is 17.1 Å². The van der Waals surface area contributed by atoms with E-state index in [2.05, 4.69) is 15.3 Å². The van der Waals surface area contributed by atoms with E-state index >= 15 is 0 Å². The van der Waals surface area contributed by atoms with Crippen LogP contribution in [0.2, 0.25) is 0 Å². The van der Waals surface area contributed by atoms with Crippen LogP contribution >= 0.6 is 0 Å². The number of nitrogens with zero attached hydrogens (tertiary/aromatic N) is 5. The van der Waals surface area contributed by atoms with Crippen molar-refractivity contribution < 1.29 is 19.7 Å². The Morgan fingerprint density at radius 1 is 1.00 bits per heavy atom. The second-order valence-corrected chi connectivity index (χ2v) is 10.3. The fraction of sp³-hybridized carbons (Fsp3) is 0.407. The fourth-order valence-electron chi connectivity index (χ4n) is 5.03. The molecule has 2 fully saturated rings. The minimum Gasteiger partial charge on any atom is -0.507 e. The number of hydrogen-bond acceptors (Lipinski definition) is 13. The average Bonchev–Trinajstić information content (AvgIpc) is 2.93. The molecule has 13 nitrogen and oxygen atoms in total. The number of benzene rings is 2. The quantitative estimate of drug-likeness (QED) is 0.176. The van der Waals surface area contributed by atoms with E-state index in [9.17, 15) is 15.0 Å². The highest BCUT2D eigenvalue weighted by Crippen LogP contribution is 2.28. The third-order valence-corrected chi connectivity index (χ3v) is 7.12. The number of aromatic hydroxyl groups is 1. The number of phenolic OH excluding ortho intramolecular Hbond substituents is 1. The largest absolute Gasteiger partial charge is 0.507 e. The van der Waals surface area contributed by atoms with Crippen molar-refractivity contribution in [1.82, 2.24) is 15.0 Å². The zero-order valence-corrected chi connectivity index (χ0v) is 22.1. The van der Waals surface area contributed by atoms with Crippen LogP contribution < -0.4 is 37.1 Å². The molecule has 3 aromatic rings. The van der Waals surface area contributed by atoms with Crippen LogP contribution in [0.4, 0.5) is 23.5 Å². The highest BCUT2D eigenvalue weighted by atomic mass is 16.5. The van der Waals surface area contributed by atoms with Crippen molar-refractivity contribution in [2.24, 2.45) is 23.1 Å². The summed E-state index contributed by atoms with van der Waals surface area (Å²) in [5.41, 5.74) is 18.8. The van der Waals surface area contributed by atoms with Crippen molar-refractivity contribution in [2.75, 3.05) is 47.8 Å². The Morgan fingerprint density at radius 2 is 1.70 bits per heavy atom. The number of hydrogen-bond donors (Lipinski definition) is 6. The minimum atomic E-state index is -0.681. The number of rotatable bonds is 7. The number of nitrogens with two attached hydrogens (primary N) is 3. The van der Waals surface area contributed by atoms with E-state index in [0.29, 0.717) is 68.9 Å². The predicted molar refractivity (Wildman–Crippen MR) is 151 cm³/mol. The number of aromatic nitrogens is 3. The molecule has 40 heavy (non-hydrogen) atoms. The molecule has 2 aromatic carbocycles. The maximum absolute atomic E-state index is 12.6. The molecular weight excluding hydrogens is 514 g/mol. The molecular formula is C27H35N9O4. The number of aliphatic hydroxyl groups excluding tert-OH is 1.